The number of urea groups is 2. The van der Waals surface area contributed by atoms with Crippen molar-refractivity contribution in [1.82, 2.24) is 21.3 Å². The fraction of sp³-hybridized carbons (Fsp3) is 0.360. The van der Waals surface area contributed by atoms with Crippen molar-refractivity contribution in [2.24, 2.45) is 5.41 Å². The lowest BCUT2D eigenvalue weighted by Crippen LogP contribution is -2.73. The van der Waals surface area contributed by atoms with Gasteiger partial charge in [-0.05, 0) is 49.2 Å². The van der Waals surface area contributed by atoms with Gasteiger partial charge in [-0.1, -0.05) is 12.1 Å². The van der Waals surface area contributed by atoms with Gasteiger partial charge in [0.05, 0.1) is 39.5 Å². The van der Waals surface area contributed by atoms with Crippen LogP contribution in [0.2, 0.25) is 0 Å². The molecule has 0 radical (unpaired) electrons. The molecule has 6 amide bonds. The van der Waals surface area contributed by atoms with Crippen LogP contribution in [0, 0.1) is 5.41 Å². The summed E-state index contributed by atoms with van der Waals surface area (Å²) in [6, 6.07) is 5.68. The standard InChI is InChI=1S/C25H28N4O8/c1-5-36-15-9-7-13(11-17(15)34-3)19-25(21(30)28-24(33)29-22(25)31)20(27-23(32)26-19)14-8-10-16(37-6-2)18(12-14)35-4/h7-12,19-20H,5-6H2,1-4H3,(H2,26,27,32)(H2,28,29,30,31,33). The summed E-state index contributed by atoms with van der Waals surface area (Å²) in [5.41, 5.74) is -1.24. The van der Waals surface area contributed by atoms with Gasteiger partial charge < -0.3 is 29.6 Å². The van der Waals surface area contributed by atoms with Gasteiger partial charge in [-0.15, -0.1) is 0 Å². The number of hydrogen-bond donors (Lipinski definition) is 4. The lowest BCUT2D eigenvalue weighted by atomic mass is 9.65. The lowest BCUT2D eigenvalue weighted by Gasteiger charge is -2.48. The quantitative estimate of drug-likeness (QED) is 0.392. The van der Waals surface area contributed by atoms with Crippen LogP contribution in [0.25, 0.3) is 0 Å². The van der Waals surface area contributed by atoms with E-state index in [0.717, 1.165) is 0 Å². The van der Waals surface area contributed by atoms with Gasteiger partial charge >= 0.3 is 12.1 Å². The van der Waals surface area contributed by atoms with E-state index in [9.17, 15) is 19.2 Å². The summed E-state index contributed by atoms with van der Waals surface area (Å²) in [6.07, 6.45) is 0. The van der Waals surface area contributed by atoms with E-state index < -0.39 is 41.4 Å². The van der Waals surface area contributed by atoms with Crippen LogP contribution < -0.4 is 40.2 Å². The minimum Gasteiger partial charge on any atom is -0.493 e. The molecule has 0 bridgehead atoms. The van der Waals surface area contributed by atoms with Crippen molar-refractivity contribution in [3.05, 3.63) is 47.5 Å². The summed E-state index contributed by atoms with van der Waals surface area (Å²) >= 11 is 0. The molecule has 2 fully saturated rings. The number of methoxy groups -OCH3 is 2. The fourth-order valence-corrected chi connectivity index (χ4v) is 4.74. The zero-order valence-corrected chi connectivity index (χ0v) is 20.8. The molecule has 4 N–H and O–H groups in total. The summed E-state index contributed by atoms with van der Waals surface area (Å²) in [5.74, 6) is -0.190. The molecular weight excluding hydrogens is 484 g/mol. The Bertz CT molecular complexity index is 1160. The van der Waals surface area contributed by atoms with E-state index in [1.165, 1.54) is 14.2 Å². The Morgan fingerprint density at radius 2 is 1.11 bits per heavy atom. The van der Waals surface area contributed by atoms with Gasteiger partial charge in [0.2, 0.25) is 11.8 Å². The molecule has 2 aromatic carbocycles. The average molecular weight is 513 g/mol. The zero-order chi connectivity index (χ0) is 26.7. The van der Waals surface area contributed by atoms with Crippen LogP contribution >= 0.6 is 0 Å². The zero-order valence-electron chi connectivity index (χ0n) is 20.8. The van der Waals surface area contributed by atoms with Crippen molar-refractivity contribution in [2.45, 2.75) is 25.9 Å². The number of hydrogen-bond acceptors (Lipinski definition) is 8. The first kappa shape index (κ1) is 25.6. The van der Waals surface area contributed by atoms with E-state index in [1.807, 2.05) is 13.8 Å². The van der Waals surface area contributed by atoms with Gasteiger partial charge in [-0.3, -0.25) is 20.2 Å². The molecule has 1 spiro atoms. The van der Waals surface area contributed by atoms with Gasteiger partial charge in [-0.25, -0.2) is 9.59 Å². The van der Waals surface area contributed by atoms with Gasteiger partial charge in [0.1, 0.15) is 0 Å². The molecule has 2 heterocycles. The second-order valence-electron chi connectivity index (χ2n) is 8.28. The van der Waals surface area contributed by atoms with Crippen LogP contribution in [-0.4, -0.2) is 51.3 Å². The van der Waals surface area contributed by atoms with E-state index in [4.69, 9.17) is 18.9 Å². The molecule has 2 aliphatic heterocycles. The molecule has 2 atom stereocenters. The third-order valence-electron chi connectivity index (χ3n) is 6.31. The second kappa shape index (κ2) is 10.2. The van der Waals surface area contributed by atoms with Gasteiger partial charge in [0, 0.05) is 0 Å². The molecule has 4 rings (SSSR count). The first-order valence-electron chi connectivity index (χ1n) is 11.6. The molecule has 0 aliphatic carbocycles. The van der Waals surface area contributed by atoms with Gasteiger partial charge in [0.15, 0.2) is 28.4 Å². The highest BCUT2D eigenvalue weighted by atomic mass is 16.5. The van der Waals surface area contributed by atoms with Gasteiger partial charge in [0.25, 0.3) is 0 Å². The van der Waals surface area contributed by atoms with E-state index >= 15 is 0 Å². The monoisotopic (exact) mass is 512 g/mol. The summed E-state index contributed by atoms with van der Waals surface area (Å²) in [7, 11) is 2.90. The second-order valence-corrected chi connectivity index (χ2v) is 8.28. The maximum Gasteiger partial charge on any atom is 0.328 e. The number of carbonyl (C=O) groups excluding carboxylic acids is 4. The van der Waals surface area contributed by atoms with Crippen molar-refractivity contribution in [1.29, 1.82) is 0 Å². The molecule has 12 heteroatoms. The first-order chi connectivity index (χ1) is 17.8. The Balaban J connectivity index is 1.92. The SMILES string of the molecule is CCOc1ccc(C2NC(=O)NC(c3ccc(OCC)c(OC)c3)C23C(=O)NC(=O)NC3=O)cc1OC. The molecule has 0 aromatic heterocycles. The van der Waals surface area contributed by atoms with E-state index in [0.29, 0.717) is 47.3 Å². The first-order valence-corrected chi connectivity index (χ1v) is 11.6. The summed E-state index contributed by atoms with van der Waals surface area (Å²) in [4.78, 5) is 52.2. The largest absolute Gasteiger partial charge is 0.493 e. The van der Waals surface area contributed by atoms with Crippen LogP contribution in [0.15, 0.2) is 36.4 Å². The summed E-state index contributed by atoms with van der Waals surface area (Å²) in [5, 5.41) is 9.78. The highest BCUT2D eigenvalue weighted by Gasteiger charge is 2.64. The van der Waals surface area contributed by atoms with Crippen molar-refractivity contribution < 1.29 is 38.1 Å². The molecule has 12 nitrogen and oxygen atoms in total. The third-order valence-corrected chi connectivity index (χ3v) is 6.31. The van der Waals surface area contributed by atoms with Crippen molar-refractivity contribution >= 4 is 23.9 Å². The number of barbiturate groups is 1. The summed E-state index contributed by atoms with van der Waals surface area (Å²) in [6.45, 7) is 4.41. The van der Waals surface area contributed by atoms with Crippen molar-refractivity contribution in [2.75, 3.05) is 27.4 Å². The van der Waals surface area contributed by atoms with Crippen LogP contribution in [0.1, 0.15) is 37.1 Å². The van der Waals surface area contributed by atoms with Crippen LogP contribution in [-0.2, 0) is 9.59 Å². The molecular formula is C25H28N4O8. The minimum absolute atomic E-state index is 0.342. The maximum atomic E-state index is 13.6. The minimum atomic E-state index is -2.02. The molecule has 196 valence electrons. The number of rotatable bonds is 8. The molecule has 2 aliphatic rings. The Labute approximate surface area is 213 Å². The Morgan fingerprint density at radius 1 is 0.676 bits per heavy atom. The highest BCUT2D eigenvalue weighted by molar-refractivity contribution is 6.21. The molecule has 2 aromatic rings. The van der Waals surface area contributed by atoms with E-state index in [-0.39, 0.29) is 0 Å². The third kappa shape index (κ3) is 4.34. The average Bonchev–Trinajstić information content (AvgIpc) is 2.88. The number of ether oxygens (including phenoxy) is 4. The fourth-order valence-electron chi connectivity index (χ4n) is 4.74. The molecule has 2 unspecified atom stereocenters. The number of nitrogens with one attached hydrogen (secondary N) is 4. The number of imide groups is 2. The van der Waals surface area contributed by atoms with Crippen molar-refractivity contribution in [3.8, 4) is 23.0 Å². The number of benzene rings is 2. The maximum absolute atomic E-state index is 13.6. The number of amides is 6. The van der Waals surface area contributed by atoms with Crippen LogP contribution in [0.4, 0.5) is 9.59 Å². The lowest BCUT2D eigenvalue weighted by molar-refractivity contribution is -0.150. The predicted octanol–water partition coefficient (Wildman–Crippen LogP) is 1.95. The molecule has 2 saturated heterocycles. The van der Waals surface area contributed by atoms with E-state index in [2.05, 4.69) is 21.3 Å². The van der Waals surface area contributed by atoms with Crippen molar-refractivity contribution in [3.63, 3.8) is 0 Å². The Hall–Kier alpha value is -4.48. The van der Waals surface area contributed by atoms with E-state index in [1.54, 1.807) is 36.4 Å². The number of carbonyl (C=O) groups is 4. The Morgan fingerprint density at radius 3 is 1.49 bits per heavy atom. The highest BCUT2D eigenvalue weighted by Crippen LogP contribution is 2.50. The predicted molar refractivity (Wildman–Crippen MR) is 130 cm³/mol. The molecule has 0 saturated carbocycles. The smallest absolute Gasteiger partial charge is 0.328 e. The normalized spacial score (nSPS) is 20.3. The van der Waals surface area contributed by atoms with Crippen LogP contribution in [0.5, 0.6) is 23.0 Å². The van der Waals surface area contributed by atoms with Gasteiger partial charge in [-0.2, -0.15) is 0 Å². The Kier molecular flexibility index (Phi) is 7.09. The van der Waals surface area contributed by atoms with Crippen LogP contribution in [0.3, 0.4) is 0 Å². The summed E-state index contributed by atoms with van der Waals surface area (Å²) < 4.78 is 22.0. The molecule has 37 heavy (non-hydrogen) atoms. The topological polar surface area (TPSA) is 153 Å².